The molecule has 2 amide bonds. The van der Waals surface area contributed by atoms with E-state index in [2.05, 4.69) is 4.90 Å². The van der Waals surface area contributed by atoms with Crippen LogP contribution >= 0.6 is 23.4 Å². The van der Waals surface area contributed by atoms with Crippen molar-refractivity contribution in [1.82, 2.24) is 9.80 Å². The number of likely N-dealkylation sites (tertiary alicyclic amines) is 1. The highest BCUT2D eigenvalue weighted by Gasteiger charge is 2.48. The van der Waals surface area contributed by atoms with Crippen molar-refractivity contribution in [2.45, 2.75) is 49.8 Å². The molecule has 0 atom stereocenters. The molecule has 1 spiro atoms. The third kappa shape index (κ3) is 3.73. The predicted molar refractivity (Wildman–Crippen MR) is 110 cm³/mol. The molecule has 0 aromatic heterocycles. The molecule has 27 heavy (non-hydrogen) atoms. The topological polar surface area (TPSA) is 40.6 Å². The van der Waals surface area contributed by atoms with Gasteiger partial charge in [-0.15, -0.1) is 11.8 Å². The summed E-state index contributed by atoms with van der Waals surface area (Å²) in [6, 6.07) is 7.24. The van der Waals surface area contributed by atoms with Gasteiger partial charge in [0.15, 0.2) is 0 Å². The van der Waals surface area contributed by atoms with Crippen LogP contribution in [0.1, 0.15) is 55.3 Å². The molecule has 0 bridgehead atoms. The summed E-state index contributed by atoms with van der Waals surface area (Å²) in [7, 11) is 0. The summed E-state index contributed by atoms with van der Waals surface area (Å²) in [6.07, 6.45) is 7.44. The Morgan fingerprint density at radius 3 is 2.44 bits per heavy atom. The maximum Gasteiger partial charge on any atom is 0.255 e. The fraction of sp³-hybridized carbons (Fsp3) is 0.619. The van der Waals surface area contributed by atoms with E-state index in [9.17, 15) is 9.59 Å². The van der Waals surface area contributed by atoms with Crippen LogP contribution in [0.25, 0.3) is 0 Å². The van der Waals surface area contributed by atoms with Crippen LogP contribution in [0.3, 0.4) is 0 Å². The van der Waals surface area contributed by atoms with Crippen molar-refractivity contribution in [3.63, 3.8) is 0 Å². The second-order valence-corrected chi connectivity index (χ2v) is 9.76. The minimum absolute atomic E-state index is 0.00334. The lowest BCUT2D eigenvalue weighted by atomic mass is 9.87. The van der Waals surface area contributed by atoms with Crippen LogP contribution in [0.5, 0.6) is 0 Å². The van der Waals surface area contributed by atoms with E-state index < -0.39 is 0 Å². The van der Waals surface area contributed by atoms with Gasteiger partial charge in [0.1, 0.15) is 0 Å². The summed E-state index contributed by atoms with van der Waals surface area (Å²) in [5.74, 6) is 1.60. The molecule has 2 heterocycles. The molecule has 4 rings (SSSR count). The SMILES string of the molecule is O=C(c1ccccc1Cl)N1CCC2(CC1)SCCN2C(=O)C1CCCCC1. The summed E-state index contributed by atoms with van der Waals surface area (Å²) >= 11 is 8.13. The number of nitrogens with zero attached hydrogens (tertiary/aromatic N) is 2. The maximum atomic E-state index is 13.2. The number of piperidine rings is 1. The minimum atomic E-state index is -0.105. The number of hydrogen-bond acceptors (Lipinski definition) is 3. The van der Waals surface area contributed by atoms with Gasteiger partial charge in [0.2, 0.25) is 5.91 Å². The molecule has 3 fully saturated rings. The van der Waals surface area contributed by atoms with Crippen molar-refractivity contribution < 1.29 is 9.59 Å². The van der Waals surface area contributed by atoms with E-state index in [0.717, 1.165) is 38.0 Å². The Bertz CT molecular complexity index is 712. The number of carbonyl (C=O) groups excluding carboxylic acids is 2. The monoisotopic (exact) mass is 406 g/mol. The molecule has 6 heteroatoms. The van der Waals surface area contributed by atoms with Crippen molar-refractivity contribution in [2.75, 3.05) is 25.4 Å². The summed E-state index contributed by atoms with van der Waals surface area (Å²) in [5.41, 5.74) is 0.573. The van der Waals surface area contributed by atoms with E-state index in [-0.39, 0.29) is 16.7 Å². The molecule has 0 radical (unpaired) electrons. The number of carbonyl (C=O) groups is 2. The first kappa shape index (κ1) is 19.1. The molecule has 4 nitrogen and oxygen atoms in total. The van der Waals surface area contributed by atoms with E-state index in [1.165, 1.54) is 19.3 Å². The first-order valence-electron chi connectivity index (χ1n) is 10.1. The van der Waals surface area contributed by atoms with E-state index in [4.69, 9.17) is 11.6 Å². The van der Waals surface area contributed by atoms with E-state index in [1.54, 1.807) is 12.1 Å². The van der Waals surface area contributed by atoms with Crippen LogP contribution in [0.15, 0.2) is 24.3 Å². The molecule has 146 valence electrons. The first-order valence-corrected chi connectivity index (χ1v) is 11.5. The van der Waals surface area contributed by atoms with Gasteiger partial charge in [-0.05, 0) is 37.8 Å². The third-order valence-corrected chi connectivity index (χ3v) is 8.22. The normalized spacial score (nSPS) is 23.0. The lowest BCUT2D eigenvalue weighted by molar-refractivity contribution is -0.140. The number of amides is 2. The maximum absolute atomic E-state index is 13.2. The zero-order valence-electron chi connectivity index (χ0n) is 15.7. The summed E-state index contributed by atoms with van der Waals surface area (Å²) < 4.78 is 0. The highest BCUT2D eigenvalue weighted by Crippen LogP contribution is 2.45. The van der Waals surface area contributed by atoms with Gasteiger partial charge >= 0.3 is 0 Å². The molecule has 1 aromatic carbocycles. The van der Waals surface area contributed by atoms with Crippen molar-refractivity contribution in [3.8, 4) is 0 Å². The summed E-state index contributed by atoms with van der Waals surface area (Å²) in [6.45, 7) is 2.23. The van der Waals surface area contributed by atoms with Crippen LogP contribution in [0, 0.1) is 5.92 Å². The van der Waals surface area contributed by atoms with Crippen LogP contribution in [-0.4, -0.2) is 51.9 Å². The van der Waals surface area contributed by atoms with Crippen LogP contribution < -0.4 is 0 Å². The fourth-order valence-electron chi connectivity index (χ4n) is 4.77. The Balaban J connectivity index is 1.43. The van der Waals surface area contributed by atoms with Crippen LogP contribution in [0.2, 0.25) is 5.02 Å². The highest BCUT2D eigenvalue weighted by atomic mass is 35.5. The number of hydrogen-bond donors (Lipinski definition) is 0. The third-order valence-electron chi connectivity index (χ3n) is 6.33. The number of thioether (sulfide) groups is 1. The Morgan fingerprint density at radius 2 is 1.74 bits per heavy atom. The largest absolute Gasteiger partial charge is 0.338 e. The van der Waals surface area contributed by atoms with Gasteiger partial charge < -0.3 is 9.80 Å². The number of benzene rings is 1. The molecule has 2 aliphatic heterocycles. The second-order valence-electron chi connectivity index (χ2n) is 7.89. The van der Waals surface area contributed by atoms with Gasteiger partial charge in [0, 0.05) is 31.3 Å². The van der Waals surface area contributed by atoms with Crippen molar-refractivity contribution in [3.05, 3.63) is 34.9 Å². The standard InChI is InChI=1S/C21H27ClN2O2S/c22-18-9-5-4-8-17(18)20(26)23-12-10-21(11-13-23)24(14-15-27-21)19(25)16-6-2-1-3-7-16/h4-5,8-9,16H,1-3,6-7,10-15H2. The van der Waals surface area contributed by atoms with Gasteiger partial charge in [0.05, 0.1) is 15.5 Å². The molecular formula is C21H27ClN2O2S. The molecular weight excluding hydrogens is 380 g/mol. The van der Waals surface area contributed by atoms with E-state index in [0.29, 0.717) is 29.6 Å². The van der Waals surface area contributed by atoms with Crippen molar-refractivity contribution in [2.24, 2.45) is 5.92 Å². The summed E-state index contributed by atoms with van der Waals surface area (Å²) in [4.78, 5) is 30.0. The molecule has 0 unspecified atom stereocenters. The highest BCUT2D eigenvalue weighted by molar-refractivity contribution is 8.00. The van der Waals surface area contributed by atoms with Crippen LogP contribution in [-0.2, 0) is 4.79 Å². The van der Waals surface area contributed by atoms with Gasteiger partial charge in [-0.25, -0.2) is 0 Å². The molecule has 0 N–H and O–H groups in total. The Labute approximate surface area is 170 Å². The molecule has 1 saturated carbocycles. The Kier molecular flexibility index (Phi) is 5.70. The first-order chi connectivity index (χ1) is 13.1. The average molecular weight is 407 g/mol. The predicted octanol–water partition coefficient (Wildman–Crippen LogP) is 4.43. The van der Waals surface area contributed by atoms with Crippen molar-refractivity contribution in [1.29, 1.82) is 0 Å². The van der Waals surface area contributed by atoms with Gasteiger partial charge in [0.25, 0.3) is 5.91 Å². The van der Waals surface area contributed by atoms with E-state index in [1.807, 2.05) is 28.8 Å². The Morgan fingerprint density at radius 1 is 1.04 bits per heavy atom. The van der Waals surface area contributed by atoms with Crippen LogP contribution in [0.4, 0.5) is 0 Å². The molecule has 1 aromatic rings. The van der Waals surface area contributed by atoms with Crippen molar-refractivity contribution >= 4 is 35.2 Å². The smallest absolute Gasteiger partial charge is 0.255 e. The number of rotatable bonds is 2. The molecule has 2 saturated heterocycles. The van der Waals surface area contributed by atoms with E-state index >= 15 is 0 Å². The lowest BCUT2D eigenvalue weighted by Crippen LogP contribution is -2.55. The zero-order valence-corrected chi connectivity index (χ0v) is 17.2. The quantitative estimate of drug-likeness (QED) is 0.729. The fourth-order valence-corrected chi connectivity index (χ4v) is 6.45. The van der Waals surface area contributed by atoms with Gasteiger partial charge in [-0.1, -0.05) is 43.0 Å². The van der Waals surface area contributed by atoms with Gasteiger partial charge in [-0.2, -0.15) is 0 Å². The second kappa shape index (κ2) is 8.04. The lowest BCUT2D eigenvalue weighted by Gasteiger charge is -2.45. The summed E-state index contributed by atoms with van der Waals surface area (Å²) in [5, 5.41) is 0.507. The average Bonchev–Trinajstić information content (AvgIpc) is 3.11. The molecule has 3 aliphatic rings. The molecule has 1 aliphatic carbocycles. The zero-order chi connectivity index (χ0) is 18.9. The number of halogens is 1. The van der Waals surface area contributed by atoms with Gasteiger partial charge in [-0.3, -0.25) is 9.59 Å². The Hall–Kier alpha value is -1.20. The minimum Gasteiger partial charge on any atom is -0.338 e.